The predicted octanol–water partition coefficient (Wildman–Crippen LogP) is 6.39. The Bertz CT molecular complexity index is 1110. The number of hydrogen-bond acceptors (Lipinski definition) is 3. The van der Waals surface area contributed by atoms with Gasteiger partial charge in [-0.15, -0.1) is 0 Å². The van der Waals surface area contributed by atoms with Crippen LogP contribution >= 0.6 is 0 Å². The molecule has 5 nitrogen and oxygen atoms in total. The van der Waals surface area contributed by atoms with Gasteiger partial charge in [0.05, 0.1) is 11.7 Å². The van der Waals surface area contributed by atoms with E-state index in [1.165, 1.54) is 24.3 Å². The van der Waals surface area contributed by atoms with E-state index in [1.807, 2.05) is 13.8 Å². The molecule has 0 spiro atoms. The number of halogens is 3. The van der Waals surface area contributed by atoms with Crippen LogP contribution in [0.1, 0.15) is 46.5 Å². The second-order valence-corrected chi connectivity index (χ2v) is 7.43. The molecule has 172 valence electrons. The lowest BCUT2D eigenvalue weighted by Gasteiger charge is -2.13. The Morgan fingerprint density at radius 3 is 1.94 bits per heavy atom. The van der Waals surface area contributed by atoms with Crippen LogP contribution in [0, 0.1) is 0 Å². The summed E-state index contributed by atoms with van der Waals surface area (Å²) in [4.78, 5) is 24.8. The van der Waals surface area contributed by atoms with Gasteiger partial charge in [0.1, 0.15) is 5.75 Å². The van der Waals surface area contributed by atoms with Gasteiger partial charge in [0, 0.05) is 22.5 Å². The highest BCUT2D eigenvalue weighted by Crippen LogP contribution is 2.30. The third-order valence-electron chi connectivity index (χ3n) is 4.88. The van der Waals surface area contributed by atoms with Crippen molar-refractivity contribution in [3.8, 4) is 5.75 Å². The highest BCUT2D eigenvalue weighted by molar-refractivity contribution is 6.06. The molecule has 0 aliphatic heterocycles. The Hall–Kier alpha value is -3.81. The maximum absolute atomic E-state index is 12.8. The maximum Gasteiger partial charge on any atom is 0.416 e. The molecule has 3 rings (SSSR count). The fourth-order valence-electron chi connectivity index (χ4n) is 2.89. The Labute approximate surface area is 189 Å². The van der Waals surface area contributed by atoms with E-state index in [-0.39, 0.29) is 23.3 Å². The average Bonchev–Trinajstić information content (AvgIpc) is 2.79. The van der Waals surface area contributed by atoms with Gasteiger partial charge in [0.25, 0.3) is 11.8 Å². The number of amides is 2. The van der Waals surface area contributed by atoms with Gasteiger partial charge in [-0.25, -0.2) is 0 Å². The van der Waals surface area contributed by atoms with Crippen LogP contribution in [0.4, 0.5) is 24.5 Å². The van der Waals surface area contributed by atoms with Gasteiger partial charge >= 0.3 is 6.18 Å². The first kappa shape index (κ1) is 23.8. The van der Waals surface area contributed by atoms with E-state index in [9.17, 15) is 22.8 Å². The summed E-state index contributed by atoms with van der Waals surface area (Å²) < 4.78 is 44.2. The van der Waals surface area contributed by atoms with Crippen molar-refractivity contribution in [2.75, 3.05) is 10.6 Å². The first-order valence-corrected chi connectivity index (χ1v) is 10.3. The molecule has 0 aliphatic rings. The van der Waals surface area contributed by atoms with Gasteiger partial charge in [-0.1, -0.05) is 13.0 Å². The normalized spacial score (nSPS) is 12.0. The topological polar surface area (TPSA) is 67.4 Å². The van der Waals surface area contributed by atoms with Crippen molar-refractivity contribution in [3.05, 3.63) is 89.5 Å². The fraction of sp³-hybridized carbons (Fsp3) is 0.200. The molecular weight excluding hydrogens is 433 g/mol. The van der Waals surface area contributed by atoms with Crippen molar-refractivity contribution in [2.45, 2.75) is 32.5 Å². The summed E-state index contributed by atoms with van der Waals surface area (Å²) in [6.07, 6.45) is -3.55. The van der Waals surface area contributed by atoms with Gasteiger partial charge in [-0.3, -0.25) is 9.59 Å². The van der Waals surface area contributed by atoms with E-state index < -0.39 is 17.6 Å². The number of nitrogens with one attached hydrogen (secondary N) is 2. The molecule has 1 unspecified atom stereocenters. The molecule has 0 bridgehead atoms. The number of alkyl halides is 3. The molecule has 0 saturated heterocycles. The van der Waals surface area contributed by atoms with E-state index in [0.717, 1.165) is 18.6 Å². The van der Waals surface area contributed by atoms with Gasteiger partial charge in [-0.05, 0) is 80.1 Å². The fourth-order valence-corrected chi connectivity index (χ4v) is 2.89. The van der Waals surface area contributed by atoms with Crippen LogP contribution in [0.3, 0.4) is 0 Å². The third kappa shape index (κ3) is 6.58. The molecule has 0 heterocycles. The first-order valence-electron chi connectivity index (χ1n) is 10.3. The molecule has 0 saturated carbocycles. The predicted molar refractivity (Wildman–Crippen MR) is 121 cm³/mol. The van der Waals surface area contributed by atoms with Crippen molar-refractivity contribution in [1.29, 1.82) is 0 Å². The summed E-state index contributed by atoms with van der Waals surface area (Å²) in [6, 6.07) is 17.2. The van der Waals surface area contributed by atoms with Gasteiger partial charge < -0.3 is 15.4 Å². The third-order valence-corrected chi connectivity index (χ3v) is 4.88. The Morgan fingerprint density at radius 2 is 1.39 bits per heavy atom. The summed E-state index contributed by atoms with van der Waals surface area (Å²) in [5.41, 5.74) is 0.330. The van der Waals surface area contributed by atoms with Crippen LogP contribution in [0.2, 0.25) is 0 Å². The zero-order chi connectivity index (χ0) is 24.0. The van der Waals surface area contributed by atoms with Crippen LogP contribution in [0.25, 0.3) is 0 Å². The Balaban J connectivity index is 1.61. The second-order valence-electron chi connectivity index (χ2n) is 7.43. The minimum Gasteiger partial charge on any atom is -0.491 e. The molecule has 0 fully saturated rings. The van der Waals surface area contributed by atoms with E-state index >= 15 is 0 Å². The Kier molecular flexibility index (Phi) is 7.37. The van der Waals surface area contributed by atoms with Gasteiger partial charge in [0.2, 0.25) is 0 Å². The molecule has 2 amide bonds. The summed E-state index contributed by atoms with van der Waals surface area (Å²) in [5, 5.41) is 5.17. The molecular formula is C25H23F3N2O3. The largest absolute Gasteiger partial charge is 0.491 e. The lowest BCUT2D eigenvalue weighted by molar-refractivity contribution is -0.137. The standard InChI is InChI=1S/C25H23F3N2O3/c1-3-16(2)33-22-13-9-18(10-14-22)23(31)29-20-11-7-17(8-12-20)24(32)30-21-6-4-5-19(15-21)25(26,27)28/h4-16H,3H2,1-2H3,(H,29,31)(H,30,32). The Morgan fingerprint density at radius 1 is 0.848 bits per heavy atom. The SMILES string of the molecule is CCC(C)Oc1ccc(C(=O)Nc2ccc(C(=O)Nc3cccc(C(F)(F)F)c3)cc2)cc1. The molecule has 0 aliphatic carbocycles. The van der Waals surface area contributed by atoms with Crippen LogP contribution in [0.15, 0.2) is 72.8 Å². The minimum absolute atomic E-state index is 0.0351. The number of anilines is 2. The van der Waals surface area contributed by atoms with Crippen molar-refractivity contribution in [2.24, 2.45) is 0 Å². The summed E-state index contributed by atoms with van der Waals surface area (Å²) in [6.45, 7) is 3.98. The molecule has 8 heteroatoms. The molecule has 0 radical (unpaired) electrons. The smallest absolute Gasteiger partial charge is 0.416 e. The number of benzene rings is 3. The quantitative estimate of drug-likeness (QED) is 0.433. The molecule has 3 aromatic carbocycles. The second kappa shape index (κ2) is 10.2. The monoisotopic (exact) mass is 456 g/mol. The molecule has 0 aromatic heterocycles. The molecule has 33 heavy (non-hydrogen) atoms. The van der Waals surface area contributed by atoms with E-state index in [2.05, 4.69) is 10.6 Å². The molecule has 1 atom stereocenters. The lowest BCUT2D eigenvalue weighted by Crippen LogP contribution is -2.14. The van der Waals surface area contributed by atoms with Gasteiger partial charge in [-0.2, -0.15) is 13.2 Å². The zero-order valence-electron chi connectivity index (χ0n) is 18.1. The average molecular weight is 456 g/mol. The highest BCUT2D eigenvalue weighted by atomic mass is 19.4. The van der Waals surface area contributed by atoms with Crippen LogP contribution in [0.5, 0.6) is 5.75 Å². The summed E-state index contributed by atoms with van der Waals surface area (Å²) >= 11 is 0. The van der Waals surface area contributed by atoms with Crippen LogP contribution < -0.4 is 15.4 Å². The first-order chi connectivity index (χ1) is 15.7. The highest BCUT2D eigenvalue weighted by Gasteiger charge is 2.30. The molecule has 2 N–H and O–H groups in total. The van der Waals surface area contributed by atoms with E-state index in [1.54, 1.807) is 36.4 Å². The van der Waals surface area contributed by atoms with Crippen molar-refractivity contribution in [3.63, 3.8) is 0 Å². The van der Waals surface area contributed by atoms with Crippen molar-refractivity contribution in [1.82, 2.24) is 0 Å². The maximum atomic E-state index is 12.8. The number of rotatable bonds is 7. The number of carbonyl (C=O) groups excluding carboxylic acids is 2. The van der Waals surface area contributed by atoms with Crippen LogP contribution in [-0.4, -0.2) is 17.9 Å². The van der Waals surface area contributed by atoms with Crippen molar-refractivity contribution >= 4 is 23.2 Å². The summed E-state index contributed by atoms with van der Waals surface area (Å²) in [5.74, 6) is -0.215. The summed E-state index contributed by atoms with van der Waals surface area (Å²) in [7, 11) is 0. The van der Waals surface area contributed by atoms with Gasteiger partial charge in [0.15, 0.2) is 0 Å². The lowest BCUT2D eigenvalue weighted by atomic mass is 10.1. The van der Waals surface area contributed by atoms with E-state index in [4.69, 9.17) is 4.74 Å². The number of carbonyl (C=O) groups is 2. The minimum atomic E-state index is -4.50. The van der Waals surface area contributed by atoms with Crippen LogP contribution in [-0.2, 0) is 6.18 Å². The molecule has 3 aromatic rings. The zero-order valence-corrected chi connectivity index (χ0v) is 18.1. The number of ether oxygens (including phenoxy) is 1. The van der Waals surface area contributed by atoms with E-state index in [0.29, 0.717) is 17.0 Å². The number of hydrogen-bond donors (Lipinski definition) is 2. The van der Waals surface area contributed by atoms with Crippen molar-refractivity contribution < 1.29 is 27.5 Å².